The van der Waals surface area contributed by atoms with Crippen LogP contribution < -0.4 is 10.1 Å². The summed E-state index contributed by atoms with van der Waals surface area (Å²) in [6, 6.07) is 19.9. The molecule has 0 saturated carbocycles. The maximum absolute atomic E-state index is 13.6. The summed E-state index contributed by atoms with van der Waals surface area (Å²) < 4.78 is 18.9. The highest BCUT2D eigenvalue weighted by Gasteiger charge is 2.42. The Labute approximate surface area is 235 Å². The highest BCUT2D eigenvalue weighted by molar-refractivity contribution is 5.98. The summed E-state index contributed by atoms with van der Waals surface area (Å²) >= 11 is 0. The number of hydrogen-bond donors (Lipinski definition) is 3. The molecule has 5 rings (SSSR count). The van der Waals surface area contributed by atoms with Crippen molar-refractivity contribution in [2.75, 3.05) is 18.4 Å². The van der Waals surface area contributed by atoms with E-state index in [4.69, 9.17) is 4.74 Å². The summed E-state index contributed by atoms with van der Waals surface area (Å²) in [7, 11) is 0. The number of aromatic amines is 1. The first-order valence-electron chi connectivity index (χ1n) is 13.0. The topological polar surface area (TPSA) is 128 Å². The largest absolute Gasteiger partial charge is 0.465 e. The van der Waals surface area contributed by atoms with E-state index in [2.05, 4.69) is 15.3 Å². The minimum Gasteiger partial charge on any atom is -0.465 e. The number of ether oxygens (including phenoxy) is 1. The molecule has 3 amide bonds. The van der Waals surface area contributed by atoms with Crippen LogP contribution >= 0.6 is 0 Å². The molecular weight excluding hydrogens is 529 g/mol. The van der Waals surface area contributed by atoms with Crippen molar-refractivity contribution >= 4 is 23.6 Å². The van der Waals surface area contributed by atoms with Crippen molar-refractivity contribution in [3.05, 3.63) is 108 Å². The number of nitrogens with one attached hydrogen (secondary N) is 2. The third-order valence-corrected chi connectivity index (χ3v) is 6.80. The Morgan fingerprint density at radius 3 is 2.29 bits per heavy atom. The minimum absolute atomic E-state index is 0.0163. The van der Waals surface area contributed by atoms with E-state index in [1.165, 1.54) is 40.4 Å². The molecule has 2 unspecified atom stereocenters. The van der Waals surface area contributed by atoms with Crippen molar-refractivity contribution in [3.8, 4) is 11.5 Å². The van der Waals surface area contributed by atoms with Gasteiger partial charge in [-0.2, -0.15) is 0 Å². The molecule has 2 atom stereocenters. The van der Waals surface area contributed by atoms with Gasteiger partial charge in [0.15, 0.2) is 0 Å². The lowest BCUT2D eigenvalue weighted by atomic mass is 9.97. The van der Waals surface area contributed by atoms with E-state index in [1.54, 1.807) is 30.5 Å². The molecule has 0 aliphatic carbocycles. The second-order valence-electron chi connectivity index (χ2n) is 9.67. The molecule has 2 heterocycles. The van der Waals surface area contributed by atoms with Crippen LogP contribution in [-0.4, -0.2) is 68.0 Å². The van der Waals surface area contributed by atoms with Gasteiger partial charge in [-0.05, 0) is 60.5 Å². The van der Waals surface area contributed by atoms with Crippen LogP contribution in [0.1, 0.15) is 11.3 Å². The van der Waals surface area contributed by atoms with E-state index in [0.29, 0.717) is 29.3 Å². The SMILES string of the molecule is O=C(Nc1ccc(Oc2ccc(F)cc2)cc1)C1CN(C(=O)O)CC(Cc2ccccc2)N1C(=O)Cc1cnc[nH]1. The molecule has 3 aromatic carbocycles. The zero-order valence-corrected chi connectivity index (χ0v) is 21.9. The standard InChI is InChI=1S/C30H28FN5O5/c31-21-6-10-25(11-7-21)41-26-12-8-22(9-13-26)34-29(38)27-18-35(30(39)40)17-24(14-20-4-2-1-3-5-20)36(27)28(37)15-23-16-32-19-33-23/h1-13,16,19,24,27H,14-15,17-18H2,(H,32,33)(H,34,38)(H,39,40). The monoisotopic (exact) mass is 557 g/mol. The molecule has 1 aromatic heterocycles. The minimum atomic E-state index is -1.16. The molecule has 0 bridgehead atoms. The highest BCUT2D eigenvalue weighted by Crippen LogP contribution is 2.25. The predicted octanol–water partition coefficient (Wildman–Crippen LogP) is 4.32. The summed E-state index contributed by atoms with van der Waals surface area (Å²) in [5.41, 5.74) is 1.94. The van der Waals surface area contributed by atoms with Crippen LogP contribution in [0, 0.1) is 5.82 Å². The van der Waals surface area contributed by atoms with E-state index in [9.17, 15) is 23.9 Å². The van der Waals surface area contributed by atoms with Gasteiger partial charge in [-0.25, -0.2) is 14.2 Å². The second-order valence-corrected chi connectivity index (χ2v) is 9.67. The van der Waals surface area contributed by atoms with E-state index >= 15 is 0 Å². The fourth-order valence-electron chi connectivity index (χ4n) is 4.87. The van der Waals surface area contributed by atoms with Crippen LogP contribution in [0.3, 0.4) is 0 Å². The van der Waals surface area contributed by atoms with Crippen LogP contribution in [0.15, 0.2) is 91.4 Å². The number of rotatable bonds is 8. The van der Waals surface area contributed by atoms with Crippen LogP contribution in [-0.2, 0) is 22.4 Å². The lowest BCUT2D eigenvalue weighted by Crippen LogP contribution is -2.65. The molecule has 0 radical (unpaired) electrons. The smallest absolute Gasteiger partial charge is 0.407 e. The van der Waals surface area contributed by atoms with Gasteiger partial charge >= 0.3 is 6.09 Å². The molecule has 1 aliphatic heterocycles. The van der Waals surface area contributed by atoms with E-state index in [1.807, 2.05) is 30.3 Å². The van der Waals surface area contributed by atoms with E-state index in [0.717, 1.165) is 5.56 Å². The van der Waals surface area contributed by atoms with E-state index in [-0.39, 0.29) is 31.2 Å². The molecule has 3 N–H and O–H groups in total. The van der Waals surface area contributed by atoms with Crippen molar-refractivity contribution in [3.63, 3.8) is 0 Å². The van der Waals surface area contributed by atoms with Crippen LogP contribution in [0.5, 0.6) is 11.5 Å². The zero-order chi connectivity index (χ0) is 28.8. The first-order valence-corrected chi connectivity index (χ1v) is 13.0. The number of halogens is 1. The summed E-state index contributed by atoms with van der Waals surface area (Å²) in [5.74, 6) is -0.274. The van der Waals surface area contributed by atoms with E-state index < -0.39 is 24.1 Å². The number of hydrogen-bond acceptors (Lipinski definition) is 5. The van der Waals surface area contributed by atoms with Crippen LogP contribution in [0.25, 0.3) is 0 Å². The van der Waals surface area contributed by atoms with Gasteiger partial charge < -0.3 is 29.9 Å². The first-order chi connectivity index (χ1) is 19.9. The van der Waals surface area contributed by atoms with Gasteiger partial charge in [0.05, 0.1) is 25.3 Å². The van der Waals surface area contributed by atoms with Gasteiger partial charge in [0.1, 0.15) is 23.4 Å². The third-order valence-electron chi connectivity index (χ3n) is 6.80. The number of aromatic nitrogens is 2. The zero-order valence-electron chi connectivity index (χ0n) is 21.9. The Hall–Kier alpha value is -5.19. The van der Waals surface area contributed by atoms with Crippen LogP contribution in [0.4, 0.5) is 14.9 Å². The third kappa shape index (κ3) is 6.88. The Morgan fingerprint density at radius 1 is 0.976 bits per heavy atom. The fourth-order valence-corrected chi connectivity index (χ4v) is 4.87. The number of carbonyl (C=O) groups is 3. The molecule has 4 aromatic rings. The van der Waals surface area contributed by atoms with Gasteiger partial charge in [-0.15, -0.1) is 0 Å². The Balaban J connectivity index is 1.37. The van der Waals surface area contributed by atoms with Crippen molar-refractivity contribution < 1.29 is 28.6 Å². The summed E-state index contributed by atoms with van der Waals surface area (Å²) in [4.78, 5) is 48.9. The molecule has 0 spiro atoms. The van der Waals surface area contributed by atoms with Gasteiger partial charge in [0.25, 0.3) is 0 Å². The Bertz CT molecular complexity index is 1480. The van der Waals surface area contributed by atoms with Gasteiger partial charge in [-0.3, -0.25) is 9.59 Å². The first kappa shape index (κ1) is 27.4. The molecule has 1 aliphatic rings. The highest BCUT2D eigenvalue weighted by atomic mass is 19.1. The molecule has 210 valence electrons. The average Bonchev–Trinajstić information content (AvgIpc) is 3.48. The Morgan fingerprint density at radius 2 is 1.66 bits per heavy atom. The fraction of sp³-hybridized carbons (Fsp3) is 0.200. The number of benzene rings is 3. The number of amides is 3. The van der Waals surface area contributed by atoms with Gasteiger partial charge in [-0.1, -0.05) is 30.3 Å². The molecule has 1 saturated heterocycles. The molecule has 11 heteroatoms. The van der Waals surface area contributed by atoms with Crippen LogP contribution in [0.2, 0.25) is 0 Å². The number of piperazine rings is 1. The maximum Gasteiger partial charge on any atom is 0.407 e. The average molecular weight is 558 g/mol. The summed E-state index contributed by atoms with van der Waals surface area (Å²) in [6.07, 6.45) is 2.21. The van der Waals surface area contributed by atoms with Crippen molar-refractivity contribution in [2.24, 2.45) is 0 Å². The van der Waals surface area contributed by atoms with Gasteiger partial charge in [0.2, 0.25) is 11.8 Å². The van der Waals surface area contributed by atoms with Crippen molar-refractivity contribution in [1.82, 2.24) is 19.8 Å². The molecule has 41 heavy (non-hydrogen) atoms. The van der Waals surface area contributed by atoms with Crippen molar-refractivity contribution in [1.29, 1.82) is 0 Å². The number of H-pyrrole nitrogens is 1. The maximum atomic E-state index is 13.6. The number of nitrogens with zero attached hydrogens (tertiary/aromatic N) is 3. The lowest BCUT2D eigenvalue weighted by Gasteiger charge is -2.45. The number of imidazole rings is 1. The molecule has 1 fully saturated rings. The summed E-state index contributed by atoms with van der Waals surface area (Å²) in [5, 5.41) is 12.7. The number of carbonyl (C=O) groups excluding carboxylic acids is 2. The number of anilines is 1. The second kappa shape index (κ2) is 12.3. The van der Waals surface area contributed by atoms with Crippen molar-refractivity contribution in [2.45, 2.75) is 24.9 Å². The van der Waals surface area contributed by atoms with Gasteiger partial charge in [0, 0.05) is 24.1 Å². The predicted molar refractivity (Wildman–Crippen MR) is 148 cm³/mol. The quantitative estimate of drug-likeness (QED) is 0.296. The normalized spacial score (nSPS) is 16.7. The lowest BCUT2D eigenvalue weighted by molar-refractivity contribution is -0.145. The summed E-state index contributed by atoms with van der Waals surface area (Å²) in [6.45, 7) is -0.106. The number of carboxylic acid groups (broad SMARTS) is 1. The molecular formula is C30H28FN5O5. The molecule has 10 nitrogen and oxygen atoms in total. The Kier molecular flexibility index (Phi) is 8.23.